The molecular weight excluding hydrogens is 324 g/mol. The van der Waals surface area contributed by atoms with Gasteiger partial charge >= 0.3 is 0 Å². The summed E-state index contributed by atoms with van der Waals surface area (Å²) in [5.74, 6) is 0. The summed E-state index contributed by atoms with van der Waals surface area (Å²) in [6, 6.07) is 19.6. The van der Waals surface area contributed by atoms with Crippen molar-refractivity contribution in [3.63, 3.8) is 0 Å². The number of hydrogen-bond donors (Lipinski definition) is 0. The van der Waals surface area contributed by atoms with Crippen molar-refractivity contribution in [1.82, 2.24) is 4.90 Å². The highest BCUT2D eigenvalue weighted by molar-refractivity contribution is 9.08. The molecule has 0 bridgehead atoms. The van der Waals surface area contributed by atoms with Gasteiger partial charge in [0.25, 0.3) is 0 Å². The largest absolute Gasteiger partial charge is 0.369 e. The molecule has 1 saturated heterocycles. The molecule has 1 aliphatic rings. The van der Waals surface area contributed by atoms with Crippen LogP contribution in [-0.2, 0) is 11.9 Å². The number of benzene rings is 2. The zero-order chi connectivity index (χ0) is 14.5. The molecule has 2 aromatic rings. The average Bonchev–Trinajstić information content (AvgIpc) is 2.57. The lowest BCUT2D eigenvalue weighted by atomic mass is 10.1. The van der Waals surface area contributed by atoms with Gasteiger partial charge in [-0.05, 0) is 23.3 Å². The van der Waals surface area contributed by atoms with E-state index in [0.29, 0.717) is 0 Å². The maximum atomic E-state index is 3.50. The van der Waals surface area contributed by atoms with E-state index in [4.69, 9.17) is 0 Å². The lowest BCUT2D eigenvalue weighted by molar-refractivity contribution is 0.250. The number of halogens is 1. The molecule has 2 nitrogen and oxygen atoms in total. The van der Waals surface area contributed by atoms with E-state index in [-0.39, 0.29) is 0 Å². The van der Waals surface area contributed by atoms with Crippen LogP contribution >= 0.6 is 15.9 Å². The minimum atomic E-state index is 0.929. The molecule has 0 radical (unpaired) electrons. The second kappa shape index (κ2) is 7.10. The highest BCUT2D eigenvalue weighted by Gasteiger charge is 2.17. The van der Waals surface area contributed by atoms with Crippen molar-refractivity contribution in [2.75, 3.05) is 31.1 Å². The van der Waals surface area contributed by atoms with Crippen LogP contribution in [0.15, 0.2) is 54.6 Å². The molecule has 0 spiro atoms. The van der Waals surface area contributed by atoms with Crippen molar-refractivity contribution in [2.45, 2.75) is 11.9 Å². The van der Waals surface area contributed by atoms with Gasteiger partial charge in [-0.25, -0.2) is 0 Å². The van der Waals surface area contributed by atoms with Gasteiger partial charge in [-0.3, -0.25) is 4.90 Å². The predicted molar refractivity (Wildman–Crippen MR) is 93.0 cm³/mol. The van der Waals surface area contributed by atoms with Gasteiger partial charge in [0.2, 0.25) is 0 Å². The van der Waals surface area contributed by atoms with Gasteiger partial charge in [0.1, 0.15) is 0 Å². The van der Waals surface area contributed by atoms with E-state index in [2.05, 4.69) is 80.3 Å². The number of nitrogens with zero attached hydrogens (tertiary/aromatic N) is 2. The van der Waals surface area contributed by atoms with Crippen molar-refractivity contribution < 1.29 is 0 Å². The fourth-order valence-electron chi connectivity index (χ4n) is 2.80. The SMILES string of the molecule is BrCc1ccc(N2CCN(Cc3ccccc3)CC2)cc1. The van der Waals surface area contributed by atoms with Gasteiger partial charge in [0.05, 0.1) is 0 Å². The first kappa shape index (κ1) is 14.6. The highest BCUT2D eigenvalue weighted by Crippen LogP contribution is 2.19. The standard InChI is InChI=1S/C18H21BrN2/c19-14-16-6-8-18(9-7-16)21-12-10-20(11-13-21)15-17-4-2-1-3-5-17/h1-9H,10-15H2. The molecule has 0 atom stereocenters. The first-order valence-corrected chi connectivity index (χ1v) is 8.63. The Balaban J connectivity index is 1.54. The average molecular weight is 345 g/mol. The third-order valence-corrected chi connectivity index (χ3v) is 4.72. The van der Waals surface area contributed by atoms with Crippen LogP contribution in [0.25, 0.3) is 0 Å². The first-order chi connectivity index (χ1) is 10.3. The number of alkyl halides is 1. The fourth-order valence-corrected chi connectivity index (χ4v) is 3.18. The molecular formula is C18H21BrN2. The monoisotopic (exact) mass is 344 g/mol. The molecule has 1 aliphatic heterocycles. The van der Waals surface area contributed by atoms with E-state index in [1.54, 1.807) is 0 Å². The Bertz CT molecular complexity index is 545. The van der Waals surface area contributed by atoms with Crippen molar-refractivity contribution in [3.05, 3.63) is 65.7 Å². The van der Waals surface area contributed by atoms with Gasteiger partial charge in [0.15, 0.2) is 0 Å². The summed E-state index contributed by atoms with van der Waals surface area (Å²) < 4.78 is 0. The second-order valence-electron chi connectivity index (χ2n) is 5.55. The topological polar surface area (TPSA) is 6.48 Å². The van der Waals surface area contributed by atoms with Crippen LogP contribution < -0.4 is 4.90 Å². The number of rotatable bonds is 4. The molecule has 3 rings (SSSR count). The lowest BCUT2D eigenvalue weighted by Gasteiger charge is -2.36. The van der Waals surface area contributed by atoms with Crippen LogP contribution in [0.1, 0.15) is 11.1 Å². The minimum Gasteiger partial charge on any atom is -0.369 e. The van der Waals surface area contributed by atoms with Crippen LogP contribution in [0.5, 0.6) is 0 Å². The second-order valence-corrected chi connectivity index (χ2v) is 6.11. The van der Waals surface area contributed by atoms with Crippen molar-refractivity contribution in [3.8, 4) is 0 Å². The smallest absolute Gasteiger partial charge is 0.0367 e. The summed E-state index contributed by atoms with van der Waals surface area (Å²) in [6.07, 6.45) is 0. The Morgan fingerprint density at radius 3 is 2.05 bits per heavy atom. The lowest BCUT2D eigenvalue weighted by Crippen LogP contribution is -2.45. The number of hydrogen-bond acceptors (Lipinski definition) is 2. The van der Waals surface area contributed by atoms with E-state index in [9.17, 15) is 0 Å². The number of piperazine rings is 1. The van der Waals surface area contributed by atoms with Gasteiger partial charge in [-0.1, -0.05) is 58.4 Å². The Labute approximate surface area is 135 Å². The third-order valence-electron chi connectivity index (χ3n) is 4.08. The molecule has 0 N–H and O–H groups in total. The van der Waals surface area contributed by atoms with Crippen molar-refractivity contribution in [1.29, 1.82) is 0 Å². The van der Waals surface area contributed by atoms with Gasteiger partial charge in [0, 0.05) is 43.7 Å². The Morgan fingerprint density at radius 2 is 1.43 bits per heavy atom. The van der Waals surface area contributed by atoms with E-state index >= 15 is 0 Å². The molecule has 0 saturated carbocycles. The molecule has 21 heavy (non-hydrogen) atoms. The normalized spacial score (nSPS) is 16.1. The summed E-state index contributed by atoms with van der Waals surface area (Å²) in [6.45, 7) is 5.56. The van der Waals surface area contributed by atoms with E-state index < -0.39 is 0 Å². The quantitative estimate of drug-likeness (QED) is 0.776. The summed E-state index contributed by atoms with van der Waals surface area (Å²) in [5.41, 5.74) is 4.09. The van der Waals surface area contributed by atoms with Crippen LogP contribution in [0, 0.1) is 0 Å². The van der Waals surface area contributed by atoms with Gasteiger partial charge < -0.3 is 4.90 Å². The Morgan fingerprint density at radius 1 is 0.762 bits per heavy atom. The van der Waals surface area contributed by atoms with E-state index in [0.717, 1.165) is 38.1 Å². The Hall–Kier alpha value is -1.32. The van der Waals surface area contributed by atoms with Crippen LogP contribution in [0.3, 0.4) is 0 Å². The molecule has 1 heterocycles. The van der Waals surface area contributed by atoms with Crippen LogP contribution in [-0.4, -0.2) is 31.1 Å². The maximum Gasteiger partial charge on any atom is 0.0367 e. The van der Waals surface area contributed by atoms with E-state index in [1.807, 2.05) is 0 Å². The fraction of sp³-hybridized carbons (Fsp3) is 0.333. The molecule has 0 amide bonds. The molecule has 3 heteroatoms. The zero-order valence-electron chi connectivity index (χ0n) is 12.2. The van der Waals surface area contributed by atoms with Gasteiger partial charge in [-0.2, -0.15) is 0 Å². The maximum absolute atomic E-state index is 3.50. The van der Waals surface area contributed by atoms with Crippen molar-refractivity contribution in [2.24, 2.45) is 0 Å². The number of anilines is 1. The van der Waals surface area contributed by atoms with Crippen molar-refractivity contribution >= 4 is 21.6 Å². The van der Waals surface area contributed by atoms with Gasteiger partial charge in [-0.15, -0.1) is 0 Å². The summed E-state index contributed by atoms with van der Waals surface area (Å²) in [7, 11) is 0. The van der Waals surface area contributed by atoms with E-state index in [1.165, 1.54) is 16.8 Å². The third kappa shape index (κ3) is 3.86. The van der Waals surface area contributed by atoms with Crippen LogP contribution in [0.2, 0.25) is 0 Å². The first-order valence-electron chi connectivity index (χ1n) is 7.51. The molecule has 0 unspecified atom stereocenters. The van der Waals surface area contributed by atoms with Crippen LogP contribution in [0.4, 0.5) is 5.69 Å². The molecule has 110 valence electrons. The molecule has 0 aliphatic carbocycles. The highest BCUT2D eigenvalue weighted by atomic mass is 79.9. The summed E-state index contributed by atoms with van der Waals surface area (Å²) >= 11 is 3.50. The zero-order valence-corrected chi connectivity index (χ0v) is 13.8. The predicted octanol–water partition coefficient (Wildman–Crippen LogP) is 3.90. The Kier molecular flexibility index (Phi) is 4.94. The molecule has 0 aromatic heterocycles. The summed E-state index contributed by atoms with van der Waals surface area (Å²) in [4.78, 5) is 5.03. The minimum absolute atomic E-state index is 0.929. The molecule has 1 fully saturated rings. The molecule has 2 aromatic carbocycles. The summed E-state index contributed by atoms with van der Waals surface area (Å²) in [5, 5.41) is 0.929.